The Kier molecular flexibility index (Phi) is 4.91. The largest absolute Gasteiger partial charge is 0.352 e. The summed E-state index contributed by atoms with van der Waals surface area (Å²) in [6, 6.07) is 3.66. The zero-order valence-corrected chi connectivity index (χ0v) is 15.8. The molecule has 138 valence electrons. The second-order valence-corrected chi connectivity index (χ2v) is 8.23. The summed E-state index contributed by atoms with van der Waals surface area (Å²) in [5.74, 6) is 0.600. The molecule has 1 saturated heterocycles. The minimum absolute atomic E-state index is 0.146. The molecule has 0 radical (unpaired) electrons. The van der Waals surface area contributed by atoms with Gasteiger partial charge in [0.15, 0.2) is 0 Å². The van der Waals surface area contributed by atoms with Crippen LogP contribution in [0, 0.1) is 12.8 Å². The van der Waals surface area contributed by atoms with Crippen molar-refractivity contribution < 1.29 is 4.79 Å². The molecule has 1 fully saturated rings. The molecule has 2 N–H and O–H groups in total. The summed E-state index contributed by atoms with van der Waals surface area (Å²) in [6.45, 7) is 5.11. The monoisotopic (exact) mass is 372 g/mol. The number of aromatic nitrogens is 2. The molecule has 4 heterocycles. The third-order valence-electron chi connectivity index (χ3n) is 5.27. The van der Waals surface area contributed by atoms with E-state index in [2.05, 4.69) is 15.6 Å². The van der Waals surface area contributed by atoms with Crippen molar-refractivity contribution in [2.45, 2.75) is 38.6 Å². The minimum Gasteiger partial charge on any atom is -0.352 e. The Labute approximate surface area is 156 Å². The van der Waals surface area contributed by atoms with Gasteiger partial charge in [-0.05, 0) is 44.4 Å². The van der Waals surface area contributed by atoms with Crippen LogP contribution in [0.2, 0.25) is 0 Å². The number of aryl methyl sites for hydroxylation is 2. The fourth-order valence-electron chi connectivity index (χ4n) is 4.02. The average Bonchev–Trinajstić information content (AvgIpc) is 3.05. The van der Waals surface area contributed by atoms with E-state index in [0.717, 1.165) is 48.7 Å². The van der Waals surface area contributed by atoms with Crippen molar-refractivity contribution in [1.82, 2.24) is 20.2 Å². The fraction of sp³-hybridized carbons (Fsp3) is 0.526. The first-order valence-corrected chi connectivity index (χ1v) is 10.1. The van der Waals surface area contributed by atoms with Crippen molar-refractivity contribution in [3.8, 4) is 0 Å². The normalized spacial score (nSPS) is 21.3. The van der Waals surface area contributed by atoms with Crippen LogP contribution < -0.4 is 16.2 Å². The maximum absolute atomic E-state index is 12.8. The first-order chi connectivity index (χ1) is 12.6. The Morgan fingerprint density at radius 3 is 3.12 bits per heavy atom. The highest BCUT2D eigenvalue weighted by atomic mass is 32.1. The van der Waals surface area contributed by atoms with Gasteiger partial charge in [-0.3, -0.25) is 9.59 Å². The summed E-state index contributed by atoms with van der Waals surface area (Å²) in [7, 11) is 0. The Balaban J connectivity index is 1.40. The maximum atomic E-state index is 12.8. The molecule has 7 heteroatoms. The van der Waals surface area contributed by atoms with Gasteiger partial charge in [-0.15, -0.1) is 11.3 Å². The Morgan fingerprint density at radius 1 is 1.42 bits per heavy atom. The molecule has 2 aliphatic heterocycles. The number of nitrogens with zero attached hydrogens (tertiary/aromatic N) is 2. The van der Waals surface area contributed by atoms with Crippen molar-refractivity contribution >= 4 is 17.2 Å². The van der Waals surface area contributed by atoms with E-state index in [4.69, 9.17) is 0 Å². The highest BCUT2D eigenvalue weighted by Crippen LogP contribution is 2.31. The number of hydrogen-bond acceptors (Lipinski definition) is 5. The third kappa shape index (κ3) is 3.46. The Bertz CT molecular complexity index is 873. The predicted octanol–water partition coefficient (Wildman–Crippen LogP) is 1.68. The molecule has 2 aromatic rings. The van der Waals surface area contributed by atoms with Gasteiger partial charge in [0.1, 0.15) is 5.56 Å². The van der Waals surface area contributed by atoms with Gasteiger partial charge in [0.05, 0.1) is 5.01 Å². The van der Waals surface area contributed by atoms with Gasteiger partial charge in [-0.25, -0.2) is 4.98 Å². The lowest BCUT2D eigenvalue weighted by atomic mass is 9.84. The van der Waals surface area contributed by atoms with Crippen LogP contribution in [0.25, 0.3) is 0 Å². The van der Waals surface area contributed by atoms with E-state index >= 15 is 0 Å². The Hall–Kier alpha value is -1.99. The van der Waals surface area contributed by atoms with Crippen molar-refractivity contribution in [2.24, 2.45) is 5.92 Å². The van der Waals surface area contributed by atoms with Crippen LogP contribution >= 0.6 is 11.3 Å². The number of carbonyl (C=O) groups excluding carboxylic acids is 1. The zero-order chi connectivity index (χ0) is 18.1. The van der Waals surface area contributed by atoms with Gasteiger partial charge in [0.2, 0.25) is 0 Å². The molecule has 0 unspecified atom stereocenters. The number of fused-ring (bicyclic) bond motifs is 4. The molecule has 2 aliphatic rings. The number of pyridine rings is 1. The SMILES string of the molecule is Cc1csc(CCCNC(=O)c2ccc3n(c2=O)C[C@@H]2CNC[C@H]3C2)n1. The number of thiazole rings is 1. The van der Waals surface area contributed by atoms with Crippen LogP contribution in [0.4, 0.5) is 0 Å². The van der Waals surface area contributed by atoms with Crippen LogP contribution in [-0.4, -0.2) is 35.1 Å². The summed E-state index contributed by atoms with van der Waals surface area (Å²) >= 11 is 1.65. The van der Waals surface area contributed by atoms with Crippen LogP contribution in [-0.2, 0) is 13.0 Å². The molecule has 0 aliphatic carbocycles. The van der Waals surface area contributed by atoms with E-state index in [0.29, 0.717) is 24.9 Å². The number of piperidine rings is 1. The van der Waals surface area contributed by atoms with Gasteiger partial charge in [0, 0.05) is 48.7 Å². The molecule has 1 amide bonds. The quantitative estimate of drug-likeness (QED) is 0.783. The second kappa shape index (κ2) is 7.32. The molecule has 0 saturated carbocycles. The van der Waals surface area contributed by atoms with Crippen LogP contribution in [0.5, 0.6) is 0 Å². The van der Waals surface area contributed by atoms with Crippen LogP contribution in [0.15, 0.2) is 22.3 Å². The maximum Gasteiger partial charge on any atom is 0.263 e. The topological polar surface area (TPSA) is 76.0 Å². The number of hydrogen-bond donors (Lipinski definition) is 2. The molecule has 4 rings (SSSR count). The molecule has 0 aromatic carbocycles. The first kappa shape index (κ1) is 17.4. The van der Waals surface area contributed by atoms with Crippen LogP contribution in [0.1, 0.15) is 45.5 Å². The molecule has 0 spiro atoms. The summed E-state index contributed by atoms with van der Waals surface area (Å²) < 4.78 is 1.83. The van der Waals surface area contributed by atoms with Gasteiger partial charge >= 0.3 is 0 Å². The van der Waals surface area contributed by atoms with Gasteiger partial charge in [-0.2, -0.15) is 0 Å². The molecule has 2 atom stereocenters. The van der Waals surface area contributed by atoms with Crippen molar-refractivity contribution in [1.29, 1.82) is 0 Å². The number of nitrogens with one attached hydrogen (secondary N) is 2. The molecule has 26 heavy (non-hydrogen) atoms. The van der Waals surface area contributed by atoms with E-state index in [1.807, 2.05) is 22.9 Å². The third-order valence-corrected chi connectivity index (χ3v) is 6.30. The number of amides is 1. The number of carbonyl (C=O) groups is 1. The van der Waals surface area contributed by atoms with Crippen LogP contribution in [0.3, 0.4) is 0 Å². The highest BCUT2D eigenvalue weighted by molar-refractivity contribution is 7.09. The molecule has 2 aromatic heterocycles. The summed E-state index contributed by atoms with van der Waals surface area (Å²) in [6.07, 6.45) is 2.80. The summed E-state index contributed by atoms with van der Waals surface area (Å²) in [4.78, 5) is 29.7. The van der Waals surface area contributed by atoms with E-state index in [9.17, 15) is 9.59 Å². The first-order valence-electron chi connectivity index (χ1n) is 9.25. The summed E-state index contributed by atoms with van der Waals surface area (Å²) in [5, 5.41) is 9.44. The molecule has 2 bridgehead atoms. The standard InChI is InChI=1S/C19H24N4O2S/c1-12-11-26-17(22-12)3-2-6-21-18(24)15-4-5-16-14-7-13(8-20-9-14)10-23(16)19(15)25/h4-5,11,13-14,20H,2-3,6-10H2,1H3,(H,21,24)/t13-,14+/m0/s1. The lowest BCUT2D eigenvalue weighted by Crippen LogP contribution is -2.46. The van der Waals surface area contributed by atoms with E-state index in [-0.39, 0.29) is 17.0 Å². The minimum atomic E-state index is -0.269. The van der Waals surface area contributed by atoms with Crippen molar-refractivity contribution in [3.05, 3.63) is 49.8 Å². The summed E-state index contributed by atoms with van der Waals surface area (Å²) in [5.41, 5.74) is 2.21. The zero-order valence-electron chi connectivity index (χ0n) is 15.0. The van der Waals surface area contributed by atoms with E-state index in [1.165, 1.54) is 0 Å². The van der Waals surface area contributed by atoms with Gasteiger partial charge in [-0.1, -0.05) is 0 Å². The molecular weight excluding hydrogens is 348 g/mol. The van der Waals surface area contributed by atoms with Crippen molar-refractivity contribution in [3.63, 3.8) is 0 Å². The van der Waals surface area contributed by atoms with Gasteiger partial charge in [0.25, 0.3) is 11.5 Å². The second-order valence-electron chi connectivity index (χ2n) is 7.29. The molecular formula is C19H24N4O2S. The van der Waals surface area contributed by atoms with Crippen molar-refractivity contribution in [2.75, 3.05) is 19.6 Å². The highest BCUT2D eigenvalue weighted by Gasteiger charge is 2.31. The smallest absolute Gasteiger partial charge is 0.263 e. The van der Waals surface area contributed by atoms with E-state index in [1.54, 1.807) is 17.4 Å². The lowest BCUT2D eigenvalue weighted by molar-refractivity contribution is 0.0950. The van der Waals surface area contributed by atoms with E-state index < -0.39 is 0 Å². The fourth-order valence-corrected chi connectivity index (χ4v) is 4.84. The number of rotatable bonds is 5. The van der Waals surface area contributed by atoms with Gasteiger partial charge < -0.3 is 15.2 Å². The average molecular weight is 372 g/mol. The Morgan fingerprint density at radius 2 is 2.31 bits per heavy atom. The molecule has 6 nitrogen and oxygen atoms in total. The predicted molar refractivity (Wildman–Crippen MR) is 102 cm³/mol. The lowest BCUT2D eigenvalue weighted by Gasteiger charge is -2.37.